The molecule has 5 amide bonds. The second kappa shape index (κ2) is 21.7. The molecule has 1 aliphatic heterocycles. The fourth-order valence-electron chi connectivity index (χ4n) is 4.00. The average Bonchev–Trinajstić information content (AvgIpc) is 3.23. The van der Waals surface area contributed by atoms with Gasteiger partial charge >= 0.3 is 0 Å². The summed E-state index contributed by atoms with van der Waals surface area (Å²) in [7, 11) is 1.56. The molecule has 4 N–H and O–H groups in total. The molecule has 222 valence electrons. The zero-order valence-corrected chi connectivity index (χ0v) is 25.0. The molecular formula is C27H46N4O6S2. The first-order chi connectivity index (χ1) is 18.7. The largest absolute Gasteiger partial charge is 0.359 e. The molecule has 0 spiro atoms. The molecule has 1 fully saturated rings. The van der Waals surface area contributed by atoms with Gasteiger partial charge in [-0.25, -0.2) is 0 Å². The van der Waals surface area contributed by atoms with Crippen LogP contribution in [0.1, 0.15) is 90.4 Å². The first-order valence-electron chi connectivity index (χ1n) is 14.0. The van der Waals surface area contributed by atoms with Crippen LogP contribution in [0.3, 0.4) is 0 Å². The summed E-state index contributed by atoms with van der Waals surface area (Å²) in [6.45, 7) is 2.63. The van der Waals surface area contributed by atoms with Crippen molar-refractivity contribution in [3.63, 3.8) is 0 Å². The first-order valence-corrected chi connectivity index (χ1v) is 16.1. The summed E-state index contributed by atoms with van der Waals surface area (Å²) < 4.78 is 0. The Kier molecular flexibility index (Phi) is 19.5. The van der Waals surface area contributed by atoms with Crippen LogP contribution in [0.2, 0.25) is 0 Å². The van der Waals surface area contributed by atoms with Gasteiger partial charge in [0, 0.05) is 45.3 Å². The Morgan fingerprint density at radius 1 is 0.949 bits per heavy atom. The van der Waals surface area contributed by atoms with Gasteiger partial charge in [-0.3, -0.25) is 29.3 Å². The molecule has 0 aromatic rings. The van der Waals surface area contributed by atoms with E-state index in [1.807, 2.05) is 6.92 Å². The summed E-state index contributed by atoms with van der Waals surface area (Å²) in [5.74, 6) is 1.18. The molecule has 3 atom stereocenters. The lowest BCUT2D eigenvalue weighted by Gasteiger charge is -2.14. The molecule has 0 saturated carbocycles. The zero-order chi connectivity index (χ0) is 28.9. The molecule has 10 nitrogen and oxygen atoms in total. The Morgan fingerprint density at radius 3 is 2.28 bits per heavy atom. The van der Waals surface area contributed by atoms with Crippen molar-refractivity contribution in [2.75, 3.05) is 25.1 Å². The normalized spacial score (nSPS) is 16.3. The van der Waals surface area contributed by atoms with Crippen LogP contribution < -0.4 is 21.3 Å². The molecule has 1 aliphatic rings. The van der Waals surface area contributed by atoms with Crippen LogP contribution >= 0.6 is 23.5 Å². The molecular weight excluding hydrogens is 540 g/mol. The van der Waals surface area contributed by atoms with Crippen molar-refractivity contribution in [2.45, 2.75) is 107 Å². The van der Waals surface area contributed by atoms with E-state index in [9.17, 15) is 28.8 Å². The lowest BCUT2D eigenvalue weighted by Crippen LogP contribution is -2.32. The second-order valence-electron chi connectivity index (χ2n) is 9.83. The van der Waals surface area contributed by atoms with Gasteiger partial charge in [-0.15, -0.1) is 11.8 Å². The van der Waals surface area contributed by atoms with Crippen molar-refractivity contribution in [3.8, 4) is 0 Å². The predicted octanol–water partition coefficient (Wildman–Crippen LogP) is 2.48. The number of amides is 5. The number of rotatable bonds is 23. The predicted molar refractivity (Wildman–Crippen MR) is 156 cm³/mol. The fraction of sp³-hybridized carbons (Fsp3) is 0.778. The number of hydrogen-bond acceptors (Lipinski definition) is 8. The Labute approximate surface area is 241 Å². The molecule has 39 heavy (non-hydrogen) atoms. The van der Waals surface area contributed by atoms with Gasteiger partial charge in [0.2, 0.25) is 29.5 Å². The van der Waals surface area contributed by atoms with Gasteiger partial charge in [0.15, 0.2) is 0 Å². The minimum absolute atomic E-state index is 0.0484. The van der Waals surface area contributed by atoms with Gasteiger partial charge < -0.3 is 20.7 Å². The molecule has 12 heteroatoms. The summed E-state index contributed by atoms with van der Waals surface area (Å²) in [6.07, 6.45) is 10.1. The monoisotopic (exact) mass is 586 g/mol. The number of aldehydes is 1. The van der Waals surface area contributed by atoms with E-state index in [2.05, 4.69) is 21.3 Å². The van der Waals surface area contributed by atoms with Crippen LogP contribution in [0.5, 0.6) is 0 Å². The minimum Gasteiger partial charge on any atom is -0.359 e. The van der Waals surface area contributed by atoms with Gasteiger partial charge in [-0.2, -0.15) is 11.8 Å². The Balaban J connectivity index is 1.92. The number of imide groups is 1. The third-order valence-electron chi connectivity index (χ3n) is 6.28. The number of unbranched alkanes of at least 4 members (excludes halogenated alkanes) is 5. The van der Waals surface area contributed by atoms with E-state index in [1.54, 1.807) is 7.05 Å². The van der Waals surface area contributed by atoms with Crippen molar-refractivity contribution in [2.24, 2.45) is 0 Å². The fourth-order valence-corrected chi connectivity index (χ4v) is 6.15. The molecule has 1 heterocycles. The summed E-state index contributed by atoms with van der Waals surface area (Å²) in [5, 5.41) is 10.2. The van der Waals surface area contributed by atoms with Gasteiger partial charge in [-0.05, 0) is 63.4 Å². The van der Waals surface area contributed by atoms with E-state index in [4.69, 9.17) is 0 Å². The minimum atomic E-state index is -0.314. The number of carbonyl (C=O) groups is 6. The first kappa shape index (κ1) is 34.9. The highest BCUT2D eigenvalue weighted by atomic mass is 32.2. The Bertz CT molecular complexity index is 798. The standard InChI is InChI=1S/C27H46N4O6S2/c1-20(30-24(34)13-6-4-9-15-38-21(19-32)17-25(35)28-2)11-7-8-14-29-23(33)12-5-3-10-16-39-22-18-26(36)31-27(22)37/h19-22H,3-18H2,1-2H3,(H,28,35)(H,29,33)(H,30,34)(H,31,36,37). The molecule has 0 aromatic heterocycles. The highest BCUT2D eigenvalue weighted by molar-refractivity contribution is 8.00. The van der Waals surface area contributed by atoms with Gasteiger partial charge in [0.05, 0.1) is 10.5 Å². The van der Waals surface area contributed by atoms with Crippen molar-refractivity contribution in [1.29, 1.82) is 0 Å². The van der Waals surface area contributed by atoms with E-state index in [-0.39, 0.29) is 58.9 Å². The Hall–Kier alpha value is -2.08. The highest BCUT2D eigenvalue weighted by Gasteiger charge is 2.30. The molecule has 0 aromatic carbocycles. The molecule has 3 unspecified atom stereocenters. The van der Waals surface area contributed by atoms with Crippen LogP contribution in [0.25, 0.3) is 0 Å². The van der Waals surface area contributed by atoms with E-state index in [0.717, 1.165) is 75.6 Å². The summed E-state index contributed by atoms with van der Waals surface area (Å²) >= 11 is 2.99. The maximum Gasteiger partial charge on any atom is 0.240 e. The van der Waals surface area contributed by atoms with Crippen LogP contribution in [0.15, 0.2) is 0 Å². The van der Waals surface area contributed by atoms with E-state index in [0.29, 0.717) is 19.4 Å². The second-order valence-corrected chi connectivity index (χ2v) is 12.5. The van der Waals surface area contributed by atoms with Crippen molar-refractivity contribution < 1.29 is 28.8 Å². The van der Waals surface area contributed by atoms with E-state index < -0.39 is 0 Å². The average molecular weight is 587 g/mol. The van der Waals surface area contributed by atoms with Crippen LogP contribution in [-0.2, 0) is 28.8 Å². The maximum absolute atomic E-state index is 12.1. The number of hydrogen-bond donors (Lipinski definition) is 4. The number of thioether (sulfide) groups is 2. The van der Waals surface area contributed by atoms with Crippen LogP contribution in [0, 0.1) is 0 Å². The smallest absolute Gasteiger partial charge is 0.240 e. The zero-order valence-electron chi connectivity index (χ0n) is 23.4. The highest BCUT2D eigenvalue weighted by Crippen LogP contribution is 2.21. The number of carbonyl (C=O) groups excluding carboxylic acids is 6. The summed E-state index contributed by atoms with van der Waals surface area (Å²) in [5.41, 5.74) is 0. The maximum atomic E-state index is 12.1. The van der Waals surface area contributed by atoms with E-state index in [1.165, 1.54) is 23.5 Å². The molecule has 0 aliphatic carbocycles. The third-order valence-corrected chi connectivity index (χ3v) is 8.82. The van der Waals surface area contributed by atoms with Crippen molar-refractivity contribution in [3.05, 3.63) is 0 Å². The SMILES string of the molecule is CNC(=O)CC(C=O)SCCCCCC(=O)NC(C)CCCCNC(=O)CCCCCSC1CC(=O)NC1=O. The third kappa shape index (κ3) is 18.0. The van der Waals surface area contributed by atoms with E-state index >= 15 is 0 Å². The topological polar surface area (TPSA) is 151 Å². The lowest BCUT2D eigenvalue weighted by atomic mass is 10.1. The summed E-state index contributed by atoms with van der Waals surface area (Å²) in [6, 6.07) is 0.0908. The van der Waals surface area contributed by atoms with Crippen molar-refractivity contribution in [1.82, 2.24) is 21.3 Å². The molecule has 0 radical (unpaired) electrons. The summed E-state index contributed by atoms with van der Waals surface area (Å²) in [4.78, 5) is 69.2. The van der Waals surface area contributed by atoms with Crippen molar-refractivity contribution >= 4 is 59.3 Å². The molecule has 1 saturated heterocycles. The number of nitrogens with one attached hydrogen (secondary N) is 4. The quantitative estimate of drug-likeness (QED) is 0.0810. The molecule has 0 bridgehead atoms. The lowest BCUT2D eigenvalue weighted by molar-refractivity contribution is -0.125. The van der Waals surface area contributed by atoms with Gasteiger partial charge in [0.1, 0.15) is 6.29 Å². The van der Waals surface area contributed by atoms with Gasteiger partial charge in [-0.1, -0.05) is 12.8 Å². The van der Waals surface area contributed by atoms with Crippen LogP contribution in [0.4, 0.5) is 0 Å². The van der Waals surface area contributed by atoms with Crippen LogP contribution in [-0.4, -0.2) is 77.5 Å². The van der Waals surface area contributed by atoms with Gasteiger partial charge in [0.25, 0.3) is 0 Å². The Morgan fingerprint density at radius 2 is 1.64 bits per heavy atom. The molecule has 1 rings (SSSR count).